The molecule has 1 N–H and O–H groups in total. The van der Waals surface area contributed by atoms with E-state index in [-0.39, 0.29) is 12.4 Å². The number of carbonyl (C=O) groups excluding carboxylic acids is 1. The third kappa shape index (κ3) is 4.32. The lowest BCUT2D eigenvalue weighted by atomic mass is 10.1. The molecule has 0 spiro atoms. The summed E-state index contributed by atoms with van der Waals surface area (Å²) in [4.78, 5) is 11.4. The molecule has 0 aliphatic rings. The highest BCUT2D eigenvalue weighted by molar-refractivity contribution is 5.94. The molecule has 0 unspecified atom stereocenters. The Morgan fingerprint density at radius 3 is 2.61 bits per heavy atom. The van der Waals surface area contributed by atoms with Crippen molar-refractivity contribution < 1.29 is 19.4 Å². The van der Waals surface area contributed by atoms with Crippen LogP contribution in [-0.4, -0.2) is 40.5 Å². The van der Waals surface area contributed by atoms with Crippen molar-refractivity contribution in [3.05, 3.63) is 41.2 Å². The second kappa shape index (κ2) is 7.28. The zero-order chi connectivity index (χ0) is 17.0. The van der Waals surface area contributed by atoms with Crippen molar-refractivity contribution >= 4 is 5.78 Å². The van der Waals surface area contributed by atoms with Crippen LogP contribution in [0.25, 0.3) is 0 Å². The molecule has 23 heavy (non-hydrogen) atoms. The molecule has 1 aromatic carbocycles. The van der Waals surface area contributed by atoms with Gasteiger partial charge < -0.3 is 14.6 Å². The maximum absolute atomic E-state index is 11.4. The zero-order valence-corrected chi connectivity index (χ0v) is 13.9. The Balaban J connectivity index is 1.99. The number of aromatic nitrogens is 2. The summed E-state index contributed by atoms with van der Waals surface area (Å²) in [6, 6.07) is 6.93. The van der Waals surface area contributed by atoms with Gasteiger partial charge in [0, 0.05) is 11.3 Å². The molecule has 0 fully saturated rings. The molecule has 6 nitrogen and oxygen atoms in total. The van der Waals surface area contributed by atoms with Gasteiger partial charge in [0.15, 0.2) is 17.3 Å². The Morgan fingerprint density at radius 1 is 1.30 bits per heavy atom. The number of Topliss-reactive ketones (excluding diaryl/α,β-unsaturated/α-hetero) is 1. The minimum Gasteiger partial charge on any atom is -0.493 e. The van der Waals surface area contributed by atoms with Crippen LogP contribution in [-0.2, 0) is 6.54 Å². The van der Waals surface area contributed by atoms with Crippen LogP contribution < -0.4 is 9.47 Å². The van der Waals surface area contributed by atoms with Gasteiger partial charge >= 0.3 is 0 Å². The summed E-state index contributed by atoms with van der Waals surface area (Å²) >= 11 is 0. The van der Waals surface area contributed by atoms with Gasteiger partial charge in [-0.05, 0) is 45.0 Å². The van der Waals surface area contributed by atoms with Crippen molar-refractivity contribution in [2.24, 2.45) is 0 Å². The summed E-state index contributed by atoms with van der Waals surface area (Å²) in [5, 5.41) is 14.4. The number of ether oxygens (including phenoxy) is 2. The van der Waals surface area contributed by atoms with E-state index in [2.05, 4.69) is 5.10 Å². The fourth-order valence-electron chi connectivity index (χ4n) is 2.30. The van der Waals surface area contributed by atoms with Gasteiger partial charge in [0.1, 0.15) is 12.7 Å². The number of aryl methyl sites for hydroxylation is 2. The van der Waals surface area contributed by atoms with Gasteiger partial charge in [0.25, 0.3) is 0 Å². The lowest BCUT2D eigenvalue weighted by molar-refractivity contribution is 0.0872. The highest BCUT2D eigenvalue weighted by Crippen LogP contribution is 2.28. The average molecular weight is 318 g/mol. The molecule has 0 bridgehead atoms. The van der Waals surface area contributed by atoms with Crippen LogP contribution in [0.3, 0.4) is 0 Å². The van der Waals surface area contributed by atoms with Crippen molar-refractivity contribution in [3.8, 4) is 11.5 Å². The first-order valence-corrected chi connectivity index (χ1v) is 7.41. The highest BCUT2D eigenvalue weighted by Gasteiger charge is 2.13. The Kier molecular flexibility index (Phi) is 5.39. The van der Waals surface area contributed by atoms with Crippen LogP contribution in [0.4, 0.5) is 0 Å². The number of benzene rings is 1. The maximum Gasteiger partial charge on any atom is 0.161 e. The van der Waals surface area contributed by atoms with Gasteiger partial charge in [0.2, 0.25) is 0 Å². The predicted molar refractivity (Wildman–Crippen MR) is 86.2 cm³/mol. The molecular weight excluding hydrogens is 296 g/mol. The Bertz CT molecular complexity index is 694. The quantitative estimate of drug-likeness (QED) is 0.792. The number of aliphatic hydroxyl groups excluding tert-OH is 1. The van der Waals surface area contributed by atoms with E-state index >= 15 is 0 Å². The molecule has 1 aromatic heterocycles. The van der Waals surface area contributed by atoms with E-state index < -0.39 is 6.10 Å². The molecule has 124 valence electrons. The fraction of sp³-hybridized carbons (Fsp3) is 0.412. The van der Waals surface area contributed by atoms with Crippen LogP contribution in [0, 0.1) is 13.8 Å². The van der Waals surface area contributed by atoms with Crippen LogP contribution >= 0.6 is 0 Å². The van der Waals surface area contributed by atoms with Crippen LogP contribution in [0.1, 0.15) is 28.7 Å². The molecule has 6 heteroatoms. The Hall–Kier alpha value is -2.34. The molecule has 1 atom stereocenters. The third-order valence-electron chi connectivity index (χ3n) is 3.49. The van der Waals surface area contributed by atoms with E-state index in [1.165, 1.54) is 14.0 Å². The molecule has 0 amide bonds. The fourth-order valence-corrected chi connectivity index (χ4v) is 2.30. The van der Waals surface area contributed by atoms with E-state index in [0.29, 0.717) is 23.6 Å². The van der Waals surface area contributed by atoms with Gasteiger partial charge in [-0.2, -0.15) is 5.10 Å². The Morgan fingerprint density at radius 2 is 2.04 bits per heavy atom. The predicted octanol–water partition coefficient (Wildman–Crippen LogP) is 2.15. The largest absolute Gasteiger partial charge is 0.493 e. The number of methoxy groups -OCH3 is 1. The molecule has 0 aliphatic heterocycles. The highest BCUT2D eigenvalue weighted by atomic mass is 16.5. The van der Waals surface area contributed by atoms with Gasteiger partial charge in [-0.15, -0.1) is 0 Å². The smallest absolute Gasteiger partial charge is 0.161 e. The van der Waals surface area contributed by atoms with Crippen molar-refractivity contribution in [3.63, 3.8) is 0 Å². The number of ketones is 1. The first-order chi connectivity index (χ1) is 10.9. The van der Waals surface area contributed by atoms with Gasteiger partial charge in [-0.1, -0.05) is 0 Å². The molecular formula is C17H22N2O4. The number of rotatable bonds is 7. The monoisotopic (exact) mass is 318 g/mol. The summed E-state index contributed by atoms with van der Waals surface area (Å²) in [5.41, 5.74) is 2.46. The first kappa shape index (κ1) is 17.0. The molecule has 1 heterocycles. The number of nitrogens with zero attached hydrogens (tertiary/aromatic N) is 2. The van der Waals surface area contributed by atoms with E-state index in [4.69, 9.17) is 9.47 Å². The van der Waals surface area contributed by atoms with E-state index in [1.54, 1.807) is 22.9 Å². The molecule has 0 radical (unpaired) electrons. The second-order valence-electron chi connectivity index (χ2n) is 5.50. The second-order valence-corrected chi connectivity index (χ2v) is 5.50. The van der Waals surface area contributed by atoms with E-state index in [0.717, 1.165) is 11.4 Å². The van der Waals surface area contributed by atoms with Gasteiger partial charge in [-0.25, -0.2) is 0 Å². The van der Waals surface area contributed by atoms with Crippen molar-refractivity contribution in [2.75, 3.05) is 13.7 Å². The summed E-state index contributed by atoms with van der Waals surface area (Å²) in [5.74, 6) is 0.917. The maximum atomic E-state index is 11.4. The topological polar surface area (TPSA) is 73.6 Å². The lowest BCUT2D eigenvalue weighted by Crippen LogP contribution is -2.25. The summed E-state index contributed by atoms with van der Waals surface area (Å²) in [6.07, 6.45) is -0.704. The normalized spacial score (nSPS) is 12.0. The number of carbonyl (C=O) groups is 1. The van der Waals surface area contributed by atoms with Crippen LogP contribution in [0.2, 0.25) is 0 Å². The lowest BCUT2D eigenvalue weighted by Gasteiger charge is -2.15. The first-order valence-electron chi connectivity index (χ1n) is 7.41. The van der Waals surface area contributed by atoms with E-state index in [9.17, 15) is 9.90 Å². The zero-order valence-electron chi connectivity index (χ0n) is 13.9. The Labute approximate surface area is 135 Å². The van der Waals surface area contributed by atoms with Crippen molar-refractivity contribution in [1.82, 2.24) is 9.78 Å². The van der Waals surface area contributed by atoms with Gasteiger partial charge in [-0.3, -0.25) is 9.48 Å². The third-order valence-corrected chi connectivity index (χ3v) is 3.49. The average Bonchev–Trinajstić information content (AvgIpc) is 2.82. The summed E-state index contributed by atoms with van der Waals surface area (Å²) in [7, 11) is 1.51. The van der Waals surface area contributed by atoms with Crippen LogP contribution in [0.15, 0.2) is 24.3 Å². The van der Waals surface area contributed by atoms with Gasteiger partial charge in [0.05, 0.1) is 19.3 Å². The molecule has 2 aromatic rings. The molecule has 0 saturated heterocycles. The molecule has 0 saturated carbocycles. The number of hydrogen-bond acceptors (Lipinski definition) is 5. The minimum atomic E-state index is -0.704. The molecule has 0 aliphatic carbocycles. The summed E-state index contributed by atoms with van der Waals surface area (Å²) < 4.78 is 12.6. The summed E-state index contributed by atoms with van der Waals surface area (Å²) in [6.45, 7) is 5.81. The standard InChI is InChI=1S/C17H22N2O4/c1-11-7-12(2)19(18-11)9-15(21)10-23-16-6-5-14(13(3)20)8-17(16)22-4/h5-8,15,21H,9-10H2,1-4H3/t15-/m0/s1. The SMILES string of the molecule is COc1cc(C(C)=O)ccc1OC[C@@H](O)Cn1nc(C)cc1C. The van der Waals surface area contributed by atoms with Crippen molar-refractivity contribution in [1.29, 1.82) is 0 Å². The van der Waals surface area contributed by atoms with Crippen LogP contribution in [0.5, 0.6) is 11.5 Å². The van der Waals surface area contributed by atoms with E-state index in [1.807, 2.05) is 19.9 Å². The van der Waals surface area contributed by atoms with Crippen molar-refractivity contribution in [2.45, 2.75) is 33.4 Å². The number of aliphatic hydroxyl groups is 1. The molecule has 2 rings (SSSR count). The minimum absolute atomic E-state index is 0.0422. The number of hydrogen-bond donors (Lipinski definition) is 1.